The van der Waals surface area contributed by atoms with Crippen molar-refractivity contribution >= 4 is 32.7 Å². The van der Waals surface area contributed by atoms with Gasteiger partial charge in [0.1, 0.15) is 4.90 Å². The Hall–Kier alpha value is -4.32. The summed E-state index contributed by atoms with van der Waals surface area (Å²) in [6.07, 6.45) is 2.65. The summed E-state index contributed by atoms with van der Waals surface area (Å²) in [4.78, 5) is 13.4. The van der Waals surface area contributed by atoms with Gasteiger partial charge in [-0.1, -0.05) is 47.6 Å². The number of para-hydroxylation sites is 2. The largest absolute Gasteiger partial charge is 0.358 e. The third kappa shape index (κ3) is 4.36. The minimum Gasteiger partial charge on any atom is -0.358 e. The normalized spacial score (nSPS) is 11.5. The second kappa shape index (κ2) is 8.31. The fraction of sp³-hybridized carbons (Fsp3) is 0.0952. The zero-order valence-corrected chi connectivity index (χ0v) is 18.2. The summed E-state index contributed by atoms with van der Waals surface area (Å²) in [5, 5.41) is 11.0. The van der Waals surface area contributed by atoms with E-state index in [1.54, 1.807) is 25.2 Å². The van der Waals surface area contributed by atoms with Gasteiger partial charge in [0, 0.05) is 18.8 Å². The monoisotopic (exact) mass is 462 g/mol. The summed E-state index contributed by atoms with van der Waals surface area (Å²) < 4.78 is 34.9. The molecule has 3 heterocycles. The molecule has 0 fully saturated rings. The number of hydrogen-bond acceptors (Lipinski definition) is 9. The van der Waals surface area contributed by atoms with E-state index in [0.29, 0.717) is 22.7 Å². The van der Waals surface area contributed by atoms with Crippen molar-refractivity contribution in [1.29, 1.82) is 0 Å². The van der Waals surface area contributed by atoms with Crippen LogP contribution in [-0.4, -0.2) is 38.3 Å². The van der Waals surface area contributed by atoms with Gasteiger partial charge in [0.05, 0.1) is 23.8 Å². The smallest absolute Gasteiger partial charge is 0.266 e. The van der Waals surface area contributed by atoms with Gasteiger partial charge in [-0.05, 0) is 12.1 Å². The first kappa shape index (κ1) is 20.6. The fourth-order valence-electron chi connectivity index (χ4n) is 3.11. The molecule has 0 bridgehead atoms. The molecular weight excluding hydrogens is 444 g/mol. The molecule has 5 aromatic rings. The molecule has 5 rings (SSSR count). The van der Waals surface area contributed by atoms with Gasteiger partial charge in [-0.3, -0.25) is 9.40 Å². The van der Waals surface area contributed by atoms with Crippen molar-refractivity contribution in [3.05, 3.63) is 72.9 Å². The lowest BCUT2D eigenvalue weighted by molar-refractivity contribution is 0.384. The molecular formula is C21H18N8O3S. The number of aryl methyl sites for hydroxylation is 1. The SMILES string of the molecule is Cn1cc(S(=O)(=O)Nc2nc3ccccc3nc2NCc2nc(-c3ccccc3)no2)cn1. The molecule has 33 heavy (non-hydrogen) atoms. The zero-order chi connectivity index (χ0) is 22.8. The van der Waals surface area contributed by atoms with Gasteiger partial charge in [0.15, 0.2) is 11.6 Å². The van der Waals surface area contributed by atoms with Gasteiger partial charge in [-0.2, -0.15) is 10.1 Å². The lowest BCUT2D eigenvalue weighted by atomic mass is 10.2. The predicted molar refractivity (Wildman–Crippen MR) is 121 cm³/mol. The molecule has 2 N–H and O–H groups in total. The van der Waals surface area contributed by atoms with Gasteiger partial charge in [0.2, 0.25) is 11.7 Å². The Kier molecular flexibility index (Phi) is 5.18. The quantitative estimate of drug-likeness (QED) is 0.373. The summed E-state index contributed by atoms with van der Waals surface area (Å²) in [6.45, 7) is 0.120. The van der Waals surface area contributed by atoms with Gasteiger partial charge >= 0.3 is 0 Å². The van der Waals surface area contributed by atoms with E-state index < -0.39 is 10.0 Å². The zero-order valence-electron chi connectivity index (χ0n) is 17.4. The number of aromatic nitrogens is 6. The highest BCUT2D eigenvalue weighted by Crippen LogP contribution is 2.25. The highest BCUT2D eigenvalue weighted by Gasteiger charge is 2.21. The van der Waals surface area contributed by atoms with E-state index in [9.17, 15) is 8.42 Å². The maximum atomic E-state index is 12.8. The molecule has 0 aliphatic rings. The van der Waals surface area contributed by atoms with Crippen molar-refractivity contribution in [1.82, 2.24) is 29.9 Å². The standard InChI is InChI=1S/C21H18N8O3S/c1-29-13-15(11-23-29)33(30,31)28-21-20(24-16-9-5-6-10-17(16)25-21)22-12-18-26-19(27-32-18)14-7-3-2-4-8-14/h2-11,13H,12H2,1H3,(H,22,24)(H,25,28). The van der Waals surface area contributed by atoms with Crippen LogP contribution in [0.25, 0.3) is 22.4 Å². The third-order valence-corrected chi connectivity index (χ3v) is 5.99. The Balaban J connectivity index is 1.44. The first-order chi connectivity index (χ1) is 16.0. The molecule has 0 amide bonds. The minimum absolute atomic E-state index is 0.00955. The van der Waals surface area contributed by atoms with Crippen LogP contribution in [0.15, 0.2) is 76.4 Å². The molecule has 0 saturated carbocycles. The summed E-state index contributed by atoms with van der Waals surface area (Å²) in [5.74, 6) is 1.03. The van der Waals surface area contributed by atoms with Crippen molar-refractivity contribution < 1.29 is 12.9 Å². The second-order valence-electron chi connectivity index (χ2n) is 7.10. The first-order valence-corrected chi connectivity index (χ1v) is 11.4. The highest BCUT2D eigenvalue weighted by molar-refractivity contribution is 7.92. The van der Waals surface area contributed by atoms with E-state index in [-0.39, 0.29) is 23.1 Å². The number of nitrogens with one attached hydrogen (secondary N) is 2. The first-order valence-electron chi connectivity index (χ1n) is 9.88. The summed E-state index contributed by atoms with van der Waals surface area (Å²) in [5.41, 5.74) is 1.96. The average molecular weight is 462 g/mol. The van der Waals surface area contributed by atoms with Crippen LogP contribution in [0, 0.1) is 0 Å². The Morgan fingerprint density at radius 1 is 0.939 bits per heavy atom. The molecule has 0 aliphatic carbocycles. The van der Waals surface area contributed by atoms with Crippen LogP contribution in [-0.2, 0) is 23.6 Å². The van der Waals surface area contributed by atoms with Crippen LogP contribution in [0.2, 0.25) is 0 Å². The van der Waals surface area contributed by atoms with Crippen molar-refractivity contribution in [2.24, 2.45) is 7.05 Å². The predicted octanol–water partition coefficient (Wildman–Crippen LogP) is 2.83. The Morgan fingerprint density at radius 2 is 1.64 bits per heavy atom. The summed E-state index contributed by atoms with van der Waals surface area (Å²) in [6, 6.07) is 16.6. The van der Waals surface area contributed by atoms with E-state index in [4.69, 9.17) is 4.52 Å². The molecule has 166 valence electrons. The number of hydrogen-bond donors (Lipinski definition) is 2. The molecule has 3 aromatic heterocycles. The summed E-state index contributed by atoms with van der Waals surface area (Å²) in [7, 11) is -2.29. The Bertz CT molecular complexity index is 1530. The van der Waals surface area contributed by atoms with Crippen molar-refractivity contribution in [2.45, 2.75) is 11.4 Å². The number of benzene rings is 2. The number of anilines is 2. The molecule has 12 heteroatoms. The Morgan fingerprint density at radius 3 is 2.33 bits per heavy atom. The van der Waals surface area contributed by atoms with Crippen LogP contribution in [0.4, 0.5) is 11.6 Å². The molecule has 11 nitrogen and oxygen atoms in total. The van der Waals surface area contributed by atoms with E-state index in [2.05, 4.69) is 35.2 Å². The van der Waals surface area contributed by atoms with Crippen LogP contribution in [0.1, 0.15) is 5.89 Å². The molecule has 0 atom stereocenters. The van der Waals surface area contributed by atoms with Crippen LogP contribution >= 0.6 is 0 Å². The molecule has 0 radical (unpaired) electrons. The summed E-state index contributed by atoms with van der Waals surface area (Å²) >= 11 is 0. The maximum Gasteiger partial charge on any atom is 0.266 e. The Labute approximate surface area is 188 Å². The van der Waals surface area contributed by atoms with E-state index in [1.165, 1.54) is 17.1 Å². The van der Waals surface area contributed by atoms with Gasteiger partial charge < -0.3 is 9.84 Å². The molecule has 0 saturated heterocycles. The topological polar surface area (TPSA) is 141 Å². The van der Waals surface area contributed by atoms with Crippen molar-refractivity contribution in [2.75, 3.05) is 10.0 Å². The number of rotatable bonds is 7. The van der Waals surface area contributed by atoms with Gasteiger partial charge in [-0.25, -0.2) is 18.4 Å². The number of sulfonamides is 1. The van der Waals surface area contributed by atoms with Gasteiger partial charge in [0.25, 0.3) is 10.0 Å². The maximum absolute atomic E-state index is 12.8. The van der Waals surface area contributed by atoms with Crippen LogP contribution < -0.4 is 10.0 Å². The molecule has 2 aromatic carbocycles. The van der Waals surface area contributed by atoms with Crippen molar-refractivity contribution in [3.63, 3.8) is 0 Å². The highest BCUT2D eigenvalue weighted by atomic mass is 32.2. The molecule has 0 spiro atoms. The van der Waals surface area contributed by atoms with E-state index >= 15 is 0 Å². The van der Waals surface area contributed by atoms with E-state index in [0.717, 1.165) is 5.56 Å². The fourth-order valence-corrected chi connectivity index (χ4v) is 4.10. The third-order valence-electron chi connectivity index (χ3n) is 4.70. The number of fused-ring (bicyclic) bond motifs is 1. The lowest BCUT2D eigenvalue weighted by Gasteiger charge is -2.12. The lowest BCUT2D eigenvalue weighted by Crippen LogP contribution is -2.16. The van der Waals surface area contributed by atoms with Gasteiger partial charge in [-0.15, -0.1) is 0 Å². The average Bonchev–Trinajstić information content (AvgIpc) is 3.48. The van der Waals surface area contributed by atoms with Crippen LogP contribution in [0.5, 0.6) is 0 Å². The number of nitrogens with zero attached hydrogens (tertiary/aromatic N) is 6. The van der Waals surface area contributed by atoms with Crippen LogP contribution in [0.3, 0.4) is 0 Å². The van der Waals surface area contributed by atoms with E-state index in [1.807, 2.05) is 36.4 Å². The molecule has 0 aliphatic heterocycles. The minimum atomic E-state index is -3.93. The van der Waals surface area contributed by atoms with Crippen molar-refractivity contribution in [3.8, 4) is 11.4 Å². The second-order valence-corrected chi connectivity index (χ2v) is 8.78. The molecule has 0 unspecified atom stereocenters.